The Labute approximate surface area is 106 Å². The van der Waals surface area contributed by atoms with Crippen LogP contribution in [-0.4, -0.2) is 52.0 Å². The number of amides is 1. The first-order valence-corrected chi connectivity index (χ1v) is 6.18. The fourth-order valence-electron chi connectivity index (χ4n) is 2.08. The Morgan fingerprint density at radius 3 is 2.89 bits per heavy atom. The Morgan fingerprint density at radius 1 is 1.39 bits per heavy atom. The normalized spacial score (nSPS) is 17.8. The van der Waals surface area contributed by atoms with Crippen molar-refractivity contribution >= 4 is 5.91 Å². The molecule has 2 rings (SSSR count). The van der Waals surface area contributed by atoms with Gasteiger partial charge in [-0.1, -0.05) is 5.16 Å². The number of aromatic nitrogens is 2. The van der Waals surface area contributed by atoms with Crippen molar-refractivity contribution in [1.82, 2.24) is 19.9 Å². The van der Waals surface area contributed by atoms with Crippen LogP contribution in [0.25, 0.3) is 0 Å². The van der Waals surface area contributed by atoms with Crippen LogP contribution in [0.3, 0.4) is 0 Å². The predicted molar refractivity (Wildman–Crippen MR) is 64.3 cm³/mol. The predicted octanol–water partition coefficient (Wildman–Crippen LogP) is -0.417. The van der Waals surface area contributed by atoms with E-state index < -0.39 is 0 Å². The van der Waals surface area contributed by atoms with Crippen molar-refractivity contribution in [2.75, 3.05) is 26.2 Å². The van der Waals surface area contributed by atoms with E-state index in [0.717, 1.165) is 32.6 Å². The highest BCUT2D eigenvalue weighted by atomic mass is 16.5. The van der Waals surface area contributed by atoms with Gasteiger partial charge >= 0.3 is 0 Å². The zero-order valence-electron chi connectivity index (χ0n) is 10.6. The van der Waals surface area contributed by atoms with Crippen LogP contribution in [-0.2, 0) is 17.9 Å². The first-order valence-electron chi connectivity index (χ1n) is 6.18. The lowest BCUT2D eigenvalue weighted by Gasteiger charge is -2.19. The Kier molecular flexibility index (Phi) is 4.27. The number of hydrogen-bond acceptors (Lipinski definition) is 6. The minimum Gasteiger partial charge on any atom is -0.342 e. The van der Waals surface area contributed by atoms with Gasteiger partial charge in [-0.05, 0) is 6.42 Å². The van der Waals surface area contributed by atoms with E-state index in [4.69, 9.17) is 10.3 Å². The fourth-order valence-corrected chi connectivity index (χ4v) is 2.08. The molecular formula is C11H19N5O2. The van der Waals surface area contributed by atoms with Crippen LogP contribution in [0.1, 0.15) is 25.1 Å². The Morgan fingerprint density at radius 2 is 2.22 bits per heavy atom. The Balaban J connectivity index is 1.88. The molecule has 0 radical (unpaired) electrons. The molecule has 1 fully saturated rings. The molecule has 100 valence electrons. The number of carbonyl (C=O) groups is 1. The van der Waals surface area contributed by atoms with E-state index >= 15 is 0 Å². The third-order valence-corrected chi connectivity index (χ3v) is 3.08. The quantitative estimate of drug-likeness (QED) is 0.787. The molecule has 1 amide bonds. The van der Waals surface area contributed by atoms with Crippen molar-refractivity contribution in [1.29, 1.82) is 0 Å². The first-order chi connectivity index (χ1) is 8.69. The molecule has 1 aliphatic rings. The van der Waals surface area contributed by atoms with Crippen molar-refractivity contribution in [3.8, 4) is 0 Å². The van der Waals surface area contributed by atoms with Crippen molar-refractivity contribution in [2.24, 2.45) is 5.73 Å². The zero-order valence-corrected chi connectivity index (χ0v) is 10.6. The first kappa shape index (κ1) is 13.0. The summed E-state index contributed by atoms with van der Waals surface area (Å²) in [6, 6.07) is 0. The highest BCUT2D eigenvalue weighted by Crippen LogP contribution is 2.07. The lowest BCUT2D eigenvalue weighted by molar-refractivity contribution is -0.128. The zero-order chi connectivity index (χ0) is 13.0. The Hall–Kier alpha value is -1.47. The van der Waals surface area contributed by atoms with Crippen LogP contribution in [0.5, 0.6) is 0 Å². The van der Waals surface area contributed by atoms with Gasteiger partial charge in [0.25, 0.3) is 0 Å². The molecule has 1 saturated heterocycles. The van der Waals surface area contributed by atoms with Gasteiger partial charge in [0.1, 0.15) is 0 Å². The summed E-state index contributed by atoms with van der Waals surface area (Å²) in [4.78, 5) is 19.6. The summed E-state index contributed by atoms with van der Waals surface area (Å²) in [5.74, 6) is 1.26. The van der Waals surface area contributed by atoms with Crippen LogP contribution in [0.2, 0.25) is 0 Å². The van der Waals surface area contributed by atoms with Gasteiger partial charge in [-0.3, -0.25) is 9.69 Å². The molecule has 1 aromatic rings. The van der Waals surface area contributed by atoms with Gasteiger partial charge in [-0.25, -0.2) is 0 Å². The lowest BCUT2D eigenvalue weighted by Crippen LogP contribution is -2.33. The third-order valence-electron chi connectivity index (χ3n) is 3.08. The maximum Gasteiger partial charge on any atom is 0.240 e. The molecule has 0 unspecified atom stereocenters. The summed E-state index contributed by atoms with van der Waals surface area (Å²) < 4.78 is 4.97. The molecular weight excluding hydrogens is 234 g/mol. The van der Waals surface area contributed by atoms with Crippen LogP contribution in [0, 0.1) is 0 Å². The van der Waals surface area contributed by atoms with Crippen LogP contribution >= 0.6 is 0 Å². The summed E-state index contributed by atoms with van der Waals surface area (Å²) in [7, 11) is 0. The molecule has 0 aromatic carbocycles. The molecule has 1 aromatic heterocycles. The molecule has 0 atom stereocenters. The van der Waals surface area contributed by atoms with Gasteiger partial charge in [0.05, 0.1) is 13.1 Å². The van der Waals surface area contributed by atoms with Crippen molar-refractivity contribution in [3.05, 3.63) is 11.7 Å². The van der Waals surface area contributed by atoms with E-state index in [1.165, 1.54) is 0 Å². The smallest absolute Gasteiger partial charge is 0.240 e. The van der Waals surface area contributed by atoms with Crippen LogP contribution < -0.4 is 5.73 Å². The number of nitrogens with two attached hydrogens (primary N) is 1. The van der Waals surface area contributed by atoms with Crippen molar-refractivity contribution in [3.63, 3.8) is 0 Å². The second-order valence-electron chi connectivity index (χ2n) is 4.44. The highest BCUT2D eigenvalue weighted by molar-refractivity contribution is 5.73. The van der Waals surface area contributed by atoms with Crippen LogP contribution in [0.4, 0.5) is 0 Å². The second-order valence-corrected chi connectivity index (χ2v) is 4.44. The number of rotatable bonds is 3. The number of carbonyl (C=O) groups excluding carboxylic acids is 1. The van der Waals surface area contributed by atoms with E-state index in [-0.39, 0.29) is 12.5 Å². The van der Waals surface area contributed by atoms with Gasteiger partial charge in [0.2, 0.25) is 11.8 Å². The van der Waals surface area contributed by atoms with Gasteiger partial charge < -0.3 is 15.2 Å². The van der Waals surface area contributed by atoms with Gasteiger partial charge in [0, 0.05) is 33.1 Å². The number of nitrogens with zero attached hydrogens (tertiary/aromatic N) is 4. The summed E-state index contributed by atoms with van der Waals surface area (Å²) in [5, 5.41) is 3.88. The van der Waals surface area contributed by atoms with Gasteiger partial charge in [-0.2, -0.15) is 4.98 Å². The molecule has 0 bridgehead atoms. The molecule has 2 heterocycles. The van der Waals surface area contributed by atoms with E-state index in [1.807, 2.05) is 4.90 Å². The van der Waals surface area contributed by atoms with Gasteiger partial charge in [0.15, 0.2) is 5.82 Å². The van der Waals surface area contributed by atoms with Gasteiger partial charge in [-0.15, -0.1) is 0 Å². The average molecular weight is 253 g/mol. The van der Waals surface area contributed by atoms with Crippen LogP contribution in [0.15, 0.2) is 4.52 Å². The maximum absolute atomic E-state index is 11.3. The largest absolute Gasteiger partial charge is 0.342 e. The molecule has 7 heteroatoms. The molecule has 0 aliphatic carbocycles. The van der Waals surface area contributed by atoms with E-state index in [2.05, 4.69) is 15.0 Å². The summed E-state index contributed by atoms with van der Waals surface area (Å²) >= 11 is 0. The Bertz CT molecular complexity index is 406. The summed E-state index contributed by atoms with van der Waals surface area (Å²) in [6.07, 6.45) is 0.973. The van der Waals surface area contributed by atoms with E-state index in [0.29, 0.717) is 18.3 Å². The summed E-state index contributed by atoms with van der Waals surface area (Å²) in [5.41, 5.74) is 5.42. The standard InChI is InChI=1S/C11H19N5O2/c1-9(17)16-4-2-3-15(5-6-16)8-10-13-11(7-12)18-14-10/h2-8,12H2,1H3. The van der Waals surface area contributed by atoms with Crippen molar-refractivity contribution in [2.45, 2.75) is 26.4 Å². The minimum atomic E-state index is 0.141. The molecule has 0 spiro atoms. The maximum atomic E-state index is 11.3. The molecule has 0 saturated carbocycles. The monoisotopic (exact) mass is 253 g/mol. The number of hydrogen-bond donors (Lipinski definition) is 1. The minimum absolute atomic E-state index is 0.141. The molecule has 18 heavy (non-hydrogen) atoms. The molecule has 7 nitrogen and oxygen atoms in total. The second kappa shape index (κ2) is 5.92. The fraction of sp³-hybridized carbons (Fsp3) is 0.727. The SMILES string of the molecule is CC(=O)N1CCCN(Cc2noc(CN)n2)CC1. The lowest BCUT2D eigenvalue weighted by atomic mass is 10.3. The molecule has 1 aliphatic heterocycles. The molecule has 2 N–H and O–H groups in total. The topological polar surface area (TPSA) is 88.5 Å². The van der Waals surface area contributed by atoms with E-state index in [9.17, 15) is 4.79 Å². The third kappa shape index (κ3) is 3.27. The summed E-state index contributed by atoms with van der Waals surface area (Å²) in [6.45, 7) is 5.90. The highest BCUT2D eigenvalue weighted by Gasteiger charge is 2.18. The average Bonchev–Trinajstić information content (AvgIpc) is 2.66. The van der Waals surface area contributed by atoms with Crippen molar-refractivity contribution < 1.29 is 9.32 Å². The van der Waals surface area contributed by atoms with E-state index in [1.54, 1.807) is 6.92 Å².